The van der Waals surface area contributed by atoms with E-state index in [1.165, 1.54) is 11.8 Å². The summed E-state index contributed by atoms with van der Waals surface area (Å²) < 4.78 is 31.8. The number of ether oxygens (including phenoxy) is 1. The molecule has 0 bridgehead atoms. The standard InChI is InChI=1S/C15H20N4O4S2/c1-4-23-14(20)10-24-15-18-17-13(9-16-25(3,21)22)19(15)12-7-5-11(2)6-8-12/h5-8,16H,4,9-10H2,1-3H3. The first-order chi connectivity index (χ1) is 11.8. The van der Waals surface area contributed by atoms with Gasteiger partial charge >= 0.3 is 5.97 Å². The van der Waals surface area contributed by atoms with Crippen molar-refractivity contribution < 1.29 is 17.9 Å². The number of rotatable bonds is 8. The number of hydrogen-bond donors (Lipinski definition) is 1. The summed E-state index contributed by atoms with van der Waals surface area (Å²) >= 11 is 1.19. The van der Waals surface area contributed by atoms with Gasteiger partial charge in [-0.05, 0) is 26.0 Å². The molecule has 10 heteroatoms. The molecule has 1 aromatic heterocycles. The average Bonchev–Trinajstić information content (AvgIpc) is 2.94. The van der Waals surface area contributed by atoms with E-state index in [4.69, 9.17) is 4.74 Å². The second-order valence-corrected chi connectivity index (χ2v) is 8.03. The molecule has 1 heterocycles. The first-order valence-electron chi connectivity index (χ1n) is 7.54. The van der Waals surface area contributed by atoms with Crippen molar-refractivity contribution in [2.45, 2.75) is 25.5 Å². The Kier molecular flexibility index (Phi) is 6.57. The number of aromatic nitrogens is 3. The van der Waals surface area contributed by atoms with Gasteiger partial charge in [-0.2, -0.15) is 0 Å². The van der Waals surface area contributed by atoms with E-state index in [2.05, 4.69) is 14.9 Å². The van der Waals surface area contributed by atoms with E-state index in [-0.39, 0.29) is 18.3 Å². The molecule has 0 amide bonds. The molecule has 0 saturated carbocycles. The number of nitrogens with zero attached hydrogens (tertiary/aromatic N) is 3. The van der Waals surface area contributed by atoms with Crippen molar-refractivity contribution in [3.05, 3.63) is 35.7 Å². The highest BCUT2D eigenvalue weighted by molar-refractivity contribution is 7.99. The summed E-state index contributed by atoms with van der Waals surface area (Å²) in [6, 6.07) is 7.64. The van der Waals surface area contributed by atoms with Gasteiger partial charge in [-0.3, -0.25) is 9.36 Å². The summed E-state index contributed by atoms with van der Waals surface area (Å²) in [6.07, 6.45) is 1.08. The average molecular weight is 384 g/mol. The number of sulfonamides is 1. The largest absolute Gasteiger partial charge is 0.465 e. The van der Waals surface area contributed by atoms with E-state index in [0.717, 1.165) is 17.5 Å². The summed E-state index contributed by atoms with van der Waals surface area (Å²) in [5.74, 6) is 0.180. The van der Waals surface area contributed by atoms with Crippen LogP contribution in [0.4, 0.5) is 0 Å². The van der Waals surface area contributed by atoms with Crippen LogP contribution in [-0.4, -0.2) is 47.8 Å². The Morgan fingerprint density at radius 1 is 1.28 bits per heavy atom. The van der Waals surface area contributed by atoms with Crippen molar-refractivity contribution in [3.8, 4) is 5.69 Å². The van der Waals surface area contributed by atoms with Gasteiger partial charge in [0, 0.05) is 5.69 Å². The van der Waals surface area contributed by atoms with E-state index in [1.807, 2.05) is 31.2 Å². The number of nitrogens with one attached hydrogen (secondary N) is 1. The van der Waals surface area contributed by atoms with E-state index < -0.39 is 10.0 Å². The maximum Gasteiger partial charge on any atom is 0.316 e. The molecule has 0 fully saturated rings. The van der Waals surface area contributed by atoms with Crippen molar-refractivity contribution in [3.63, 3.8) is 0 Å². The highest BCUT2D eigenvalue weighted by atomic mass is 32.2. The van der Waals surface area contributed by atoms with Crippen LogP contribution < -0.4 is 4.72 Å². The van der Waals surface area contributed by atoms with Gasteiger partial charge in [-0.15, -0.1) is 10.2 Å². The number of thioether (sulfide) groups is 1. The third-order valence-electron chi connectivity index (χ3n) is 3.11. The molecule has 0 radical (unpaired) electrons. The van der Waals surface area contributed by atoms with Crippen LogP contribution in [0.1, 0.15) is 18.3 Å². The van der Waals surface area contributed by atoms with E-state index in [0.29, 0.717) is 17.6 Å². The van der Waals surface area contributed by atoms with E-state index in [9.17, 15) is 13.2 Å². The molecule has 0 unspecified atom stereocenters. The summed E-state index contributed by atoms with van der Waals surface area (Å²) in [4.78, 5) is 11.6. The lowest BCUT2D eigenvalue weighted by molar-refractivity contribution is -0.139. The fourth-order valence-corrected chi connectivity index (χ4v) is 3.14. The van der Waals surface area contributed by atoms with Crippen molar-refractivity contribution >= 4 is 27.8 Å². The van der Waals surface area contributed by atoms with Crippen molar-refractivity contribution in [2.75, 3.05) is 18.6 Å². The smallest absolute Gasteiger partial charge is 0.316 e. The van der Waals surface area contributed by atoms with Gasteiger partial charge < -0.3 is 4.74 Å². The van der Waals surface area contributed by atoms with Gasteiger partial charge in [-0.25, -0.2) is 13.1 Å². The molecule has 0 aliphatic heterocycles. The Morgan fingerprint density at radius 2 is 1.96 bits per heavy atom. The minimum absolute atomic E-state index is 0.000321. The summed E-state index contributed by atoms with van der Waals surface area (Å²) in [5, 5.41) is 8.62. The lowest BCUT2D eigenvalue weighted by Crippen LogP contribution is -2.23. The molecule has 2 rings (SSSR count). The number of carbonyl (C=O) groups is 1. The lowest BCUT2D eigenvalue weighted by atomic mass is 10.2. The van der Waals surface area contributed by atoms with Crippen LogP contribution in [0.2, 0.25) is 0 Å². The molecule has 2 aromatic rings. The normalized spacial score (nSPS) is 11.5. The molecule has 0 saturated heterocycles. The predicted molar refractivity (Wildman–Crippen MR) is 95.1 cm³/mol. The van der Waals surface area contributed by atoms with Gasteiger partial charge in [0.2, 0.25) is 10.0 Å². The zero-order valence-corrected chi connectivity index (χ0v) is 15.9. The number of hydrogen-bond acceptors (Lipinski definition) is 7. The van der Waals surface area contributed by atoms with E-state index in [1.54, 1.807) is 11.5 Å². The number of carbonyl (C=O) groups excluding carboxylic acids is 1. The monoisotopic (exact) mass is 384 g/mol. The zero-order valence-electron chi connectivity index (χ0n) is 14.2. The minimum atomic E-state index is -3.36. The number of esters is 1. The van der Waals surface area contributed by atoms with Crippen LogP contribution >= 0.6 is 11.8 Å². The quantitative estimate of drug-likeness (QED) is 0.540. The number of benzene rings is 1. The Morgan fingerprint density at radius 3 is 2.56 bits per heavy atom. The van der Waals surface area contributed by atoms with Gasteiger partial charge in [0.15, 0.2) is 11.0 Å². The van der Waals surface area contributed by atoms with Crippen molar-refractivity contribution in [1.82, 2.24) is 19.5 Å². The molecule has 1 N–H and O–H groups in total. The van der Waals surface area contributed by atoms with Gasteiger partial charge in [-0.1, -0.05) is 29.5 Å². The summed E-state index contributed by atoms with van der Waals surface area (Å²) in [6.45, 7) is 4.03. The molecule has 0 aliphatic rings. The Hall–Kier alpha value is -1.91. The zero-order chi connectivity index (χ0) is 18.4. The van der Waals surface area contributed by atoms with Crippen molar-refractivity contribution in [1.29, 1.82) is 0 Å². The molecule has 0 atom stereocenters. The molecule has 1 aromatic carbocycles. The molecule has 25 heavy (non-hydrogen) atoms. The summed E-state index contributed by atoms with van der Waals surface area (Å²) in [7, 11) is -3.36. The third kappa shape index (κ3) is 5.83. The maximum atomic E-state index is 11.6. The van der Waals surface area contributed by atoms with Crippen LogP contribution in [0, 0.1) is 6.92 Å². The highest BCUT2D eigenvalue weighted by Gasteiger charge is 2.17. The SMILES string of the molecule is CCOC(=O)CSc1nnc(CNS(C)(=O)=O)n1-c1ccc(C)cc1. The second kappa shape index (κ2) is 8.45. The Labute approximate surface area is 151 Å². The fourth-order valence-electron chi connectivity index (χ4n) is 1.98. The minimum Gasteiger partial charge on any atom is -0.465 e. The first kappa shape index (κ1) is 19.4. The molecule has 0 aliphatic carbocycles. The van der Waals surface area contributed by atoms with Crippen LogP contribution in [0.15, 0.2) is 29.4 Å². The van der Waals surface area contributed by atoms with Gasteiger partial charge in [0.05, 0.1) is 25.2 Å². The predicted octanol–water partition coefficient (Wildman–Crippen LogP) is 1.28. The van der Waals surface area contributed by atoms with Gasteiger partial charge in [0.25, 0.3) is 0 Å². The van der Waals surface area contributed by atoms with E-state index >= 15 is 0 Å². The second-order valence-electron chi connectivity index (χ2n) is 5.26. The molecular formula is C15H20N4O4S2. The van der Waals surface area contributed by atoms with Crippen LogP contribution in [0.5, 0.6) is 0 Å². The topological polar surface area (TPSA) is 103 Å². The van der Waals surface area contributed by atoms with Gasteiger partial charge in [0.1, 0.15) is 0 Å². The first-order valence-corrected chi connectivity index (χ1v) is 10.4. The molecular weight excluding hydrogens is 364 g/mol. The molecule has 8 nitrogen and oxygen atoms in total. The highest BCUT2D eigenvalue weighted by Crippen LogP contribution is 2.22. The third-order valence-corrected chi connectivity index (χ3v) is 4.68. The number of aryl methyl sites for hydroxylation is 1. The Balaban J connectivity index is 2.30. The Bertz CT molecular complexity index is 832. The van der Waals surface area contributed by atoms with Crippen molar-refractivity contribution in [2.24, 2.45) is 0 Å². The summed E-state index contributed by atoms with van der Waals surface area (Å²) in [5.41, 5.74) is 1.88. The maximum absolute atomic E-state index is 11.6. The fraction of sp³-hybridized carbons (Fsp3) is 0.400. The van der Waals surface area contributed by atoms with Crippen LogP contribution in [0.3, 0.4) is 0 Å². The molecule has 0 spiro atoms. The van der Waals surface area contributed by atoms with Crippen LogP contribution in [-0.2, 0) is 26.1 Å². The molecule has 136 valence electrons. The van der Waals surface area contributed by atoms with Crippen LogP contribution in [0.25, 0.3) is 5.69 Å². The lowest BCUT2D eigenvalue weighted by Gasteiger charge is -2.10.